The number of nitrogens with zero attached hydrogens (tertiary/aromatic N) is 1. The molecule has 1 aromatic rings. The van der Waals surface area contributed by atoms with E-state index < -0.39 is 14.6 Å². The van der Waals surface area contributed by atoms with Gasteiger partial charge in [-0.25, -0.2) is 8.42 Å². The molecule has 0 saturated heterocycles. The Hall–Kier alpha value is -1.60. The van der Waals surface area contributed by atoms with Crippen molar-refractivity contribution in [3.05, 3.63) is 41.3 Å². The largest absolute Gasteiger partial charge is 0.224 e. The fourth-order valence-corrected chi connectivity index (χ4v) is 1.96. The smallest absolute Gasteiger partial charge is 0.177 e. The standard InChI is InChI=1S/C13H15NO2S/c1-13(2,3)17(15,16)10-12(9-14)11-7-5-4-6-8-11/h4-8,10H,1-3H3/b12-10+. The molecule has 0 aliphatic heterocycles. The molecule has 0 aliphatic carbocycles. The first-order valence-electron chi connectivity index (χ1n) is 5.20. The summed E-state index contributed by atoms with van der Waals surface area (Å²) in [4.78, 5) is 0. The molecule has 0 N–H and O–H groups in total. The highest BCUT2D eigenvalue weighted by Gasteiger charge is 2.27. The summed E-state index contributed by atoms with van der Waals surface area (Å²) in [5.74, 6) is 0. The Morgan fingerprint density at radius 1 is 1.24 bits per heavy atom. The molecule has 1 aromatic carbocycles. The van der Waals surface area contributed by atoms with Crippen LogP contribution in [0.15, 0.2) is 35.7 Å². The minimum Gasteiger partial charge on any atom is -0.224 e. The molecule has 4 heteroatoms. The summed E-state index contributed by atoms with van der Waals surface area (Å²) in [6, 6.07) is 10.7. The zero-order valence-corrected chi connectivity index (χ0v) is 11.0. The molecule has 0 unspecified atom stereocenters. The van der Waals surface area contributed by atoms with Gasteiger partial charge in [-0.3, -0.25) is 0 Å². The third-order valence-corrected chi connectivity index (χ3v) is 4.58. The summed E-state index contributed by atoms with van der Waals surface area (Å²) in [7, 11) is -3.44. The van der Waals surface area contributed by atoms with Gasteiger partial charge in [-0.2, -0.15) is 5.26 Å². The lowest BCUT2D eigenvalue weighted by Gasteiger charge is -2.16. The molecule has 0 radical (unpaired) electrons. The maximum atomic E-state index is 12.0. The van der Waals surface area contributed by atoms with Gasteiger partial charge in [0.1, 0.15) is 6.07 Å². The van der Waals surface area contributed by atoms with E-state index in [1.165, 1.54) is 0 Å². The van der Waals surface area contributed by atoms with Crippen molar-refractivity contribution in [2.75, 3.05) is 0 Å². The Bertz CT molecular complexity index is 558. The van der Waals surface area contributed by atoms with Crippen molar-refractivity contribution in [3.8, 4) is 6.07 Å². The first-order chi connectivity index (χ1) is 7.78. The van der Waals surface area contributed by atoms with Crippen molar-refractivity contribution in [1.82, 2.24) is 0 Å². The Morgan fingerprint density at radius 2 is 1.76 bits per heavy atom. The van der Waals surface area contributed by atoms with Crippen molar-refractivity contribution in [2.24, 2.45) is 0 Å². The number of sulfone groups is 1. The zero-order chi connectivity index (χ0) is 13.1. The molecule has 0 fully saturated rings. The van der Waals surface area contributed by atoms with E-state index in [1.807, 2.05) is 12.1 Å². The van der Waals surface area contributed by atoms with Crippen LogP contribution in [0.4, 0.5) is 0 Å². The topological polar surface area (TPSA) is 57.9 Å². The average molecular weight is 249 g/mol. The van der Waals surface area contributed by atoms with E-state index in [0.29, 0.717) is 5.56 Å². The second-order valence-corrected chi connectivity index (χ2v) is 7.22. The summed E-state index contributed by atoms with van der Waals surface area (Å²) in [6.07, 6.45) is 0. The van der Waals surface area contributed by atoms with Gasteiger partial charge >= 0.3 is 0 Å². The van der Waals surface area contributed by atoms with Crippen molar-refractivity contribution >= 4 is 15.4 Å². The van der Waals surface area contributed by atoms with Crippen molar-refractivity contribution < 1.29 is 8.42 Å². The van der Waals surface area contributed by atoms with Crippen LogP contribution in [0, 0.1) is 11.3 Å². The fourth-order valence-electron chi connectivity index (χ4n) is 1.11. The predicted octanol–water partition coefficient (Wildman–Crippen LogP) is 2.76. The van der Waals surface area contributed by atoms with Crippen molar-refractivity contribution in [3.63, 3.8) is 0 Å². The number of benzene rings is 1. The summed E-state index contributed by atoms with van der Waals surface area (Å²) in [6.45, 7) is 4.83. The van der Waals surface area contributed by atoms with Crippen LogP contribution >= 0.6 is 0 Å². The van der Waals surface area contributed by atoms with Gasteiger partial charge in [-0.1, -0.05) is 30.3 Å². The molecule has 0 heterocycles. The van der Waals surface area contributed by atoms with Gasteiger partial charge in [0, 0.05) is 5.41 Å². The van der Waals surface area contributed by atoms with E-state index >= 15 is 0 Å². The molecule has 0 bridgehead atoms. The molecule has 0 atom stereocenters. The predicted molar refractivity (Wildman–Crippen MR) is 68.7 cm³/mol. The van der Waals surface area contributed by atoms with Gasteiger partial charge in [-0.15, -0.1) is 0 Å². The average Bonchev–Trinajstić information content (AvgIpc) is 2.25. The van der Waals surface area contributed by atoms with E-state index in [-0.39, 0.29) is 5.57 Å². The van der Waals surface area contributed by atoms with Crippen LogP contribution in [0.5, 0.6) is 0 Å². The number of allylic oxidation sites excluding steroid dienone is 1. The Morgan fingerprint density at radius 3 is 2.18 bits per heavy atom. The summed E-state index contributed by atoms with van der Waals surface area (Å²) < 4.78 is 23.0. The van der Waals surface area contributed by atoms with Crippen LogP contribution in [-0.4, -0.2) is 13.2 Å². The van der Waals surface area contributed by atoms with Crippen LogP contribution < -0.4 is 0 Å². The first kappa shape index (κ1) is 13.5. The van der Waals surface area contributed by atoms with Crippen LogP contribution in [0.1, 0.15) is 26.3 Å². The highest BCUT2D eigenvalue weighted by molar-refractivity contribution is 7.95. The highest BCUT2D eigenvalue weighted by atomic mass is 32.2. The summed E-state index contributed by atoms with van der Waals surface area (Å²) in [5.41, 5.74) is 0.781. The van der Waals surface area contributed by atoms with E-state index in [2.05, 4.69) is 0 Å². The van der Waals surface area contributed by atoms with Crippen LogP contribution in [0.2, 0.25) is 0 Å². The molecular formula is C13H15NO2S. The van der Waals surface area contributed by atoms with Gasteiger partial charge in [0.05, 0.1) is 10.3 Å². The van der Waals surface area contributed by atoms with Crippen LogP contribution in [0.3, 0.4) is 0 Å². The maximum absolute atomic E-state index is 12.0. The molecule has 90 valence electrons. The zero-order valence-electron chi connectivity index (χ0n) is 10.1. The third-order valence-electron chi connectivity index (χ3n) is 2.33. The molecular weight excluding hydrogens is 234 g/mol. The SMILES string of the molecule is CC(C)(C)S(=O)(=O)/C=C(\C#N)c1ccccc1. The molecule has 0 saturated carbocycles. The lowest BCUT2D eigenvalue weighted by atomic mass is 10.1. The minimum atomic E-state index is -3.44. The van der Waals surface area contributed by atoms with Gasteiger partial charge in [0.2, 0.25) is 0 Å². The lowest BCUT2D eigenvalue weighted by molar-refractivity contribution is 0.570. The van der Waals surface area contributed by atoms with Crippen molar-refractivity contribution in [2.45, 2.75) is 25.5 Å². The van der Waals surface area contributed by atoms with Gasteiger partial charge in [0.25, 0.3) is 0 Å². The summed E-state index contributed by atoms with van der Waals surface area (Å²) >= 11 is 0. The molecule has 0 amide bonds. The lowest BCUT2D eigenvalue weighted by Crippen LogP contribution is -2.25. The third kappa shape index (κ3) is 3.18. The molecule has 0 spiro atoms. The number of nitriles is 1. The number of rotatable bonds is 2. The van der Waals surface area contributed by atoms with Gasteiger partial charge < -0.3 is 0 Å². The molecule has 1 rings (SSSR count). The second kappa shape index (κ2) is 4.72. The van der Waals surface area contributed by atoms with Gasteiger partial charge in [-0.05, 0) is 26.3 Å². The fraction of sp³-hybridized carbons (Fsp3) is 0.308. The molecule has 0 aliphatic rings. The normalized spacial score (nSPS) is 13.2. The number of hydrogen-bond acceptors (Lipinski definition) is 3. The van der Waals surface area contributed by atoms with E-state index in [1.54, 1.807) is 45.0 Å². The van der Waals surface area contributed by atoms with E-state index in [4.69, 9.17) is 5.26 Å². The highest BCUT2D eigenvalue weighted by Crippen LogP contribution is 2.22. The Labute approximate surface area is 102 Å². The Balaban J connectivity index is 3.29. The molecule has 17 heavy (non-hydrogen) atoms. The van der Waals surface area contributed by atoms with E-state index in [0.717, 1.165) is 5.41 Å². The van der Waals surface area contributed by atoms with Crippen LogP contribution in [-0.2, 0) is 9.84 Å². The first-order valence-corrected chi connectivity index (χ1v) is 6.74. The maximum Gasteiger partial charge on any atom is 0.177 e. The van der Waals surface area contributed by atoms with E-state index in [9.17, 15) is 8.42 Å². The Kier molecular flexibility index (Phi) is 3.74. The quantitative estimate of drug-likeness (QED) is 0.757. The monoisotopic (exact) mass is 249 g/mol. The second-order valence-electron chi connectivity index (χ2n) is 4.67. The molecule has 0 aromatic heterocycles. The molecule has 3 nitrogen and oxygen atoms in total. The summed E-state index contributed by atoms with van der Waals surface area (Å²) in [5, 5.41) is 10.1. The van der Waals surface area contributed by atoms with Crippen molar-refractivity contribution in [1.29, 1.82) is 5.26 Å². The minimum absolute atomic E-state index is 0.167. The number of hydrogen-bond donors (Lipinski definition) is 0. The van der Waals surface area contributed by atoms with Crippen LogP contribution in [0.25, 0.3) is 5.57 Å². The van der Waals surface area contributed by atoms with Gasteiger partial charge in [0.15, 0.2) is 9.84 Å².